The summed E-state index contributed by atoms with van der Waals surface area (Å²) in [6, 6.07) is 16.8. The molecule has 0 spiro atoms. The molecule has 0 N–H and O–H groups in total. The Balaban J connectivity index is 2.38. The van der Waals surface area contributed by atoms with E-state index in [2.05, 4.69) is 15.9 Å². The molecule has 0 fully saturated rings. The van der Waals surface area contributed by atoms with Crippen LogP contribution in [0.15, 0.2) is 59.1 Å². The number of methoxy groups -OCH3 is 1. The van der Waals surface area contributed by atoms with Gasteiger partial charge in [-0.05, 0) is 29.0 Å². The molecule has 0 aliphatic heterocycles. The zero-order chi connectivity index (χ0) is 14.1. The van der Waals surface area contributed by atoms with E-state index in [1.54, 1.807) is 13.2 Å². The summed E-state index contributed by atoms with van der Waals surface area (Å²) in [5.41, 5.74) is 1.33. The summed E-state index contributed by atoms with van der Waals surface area (Å²) in [7, 11) is 1.60. The maximum Gasteiger partial charge on any atom is 0.132 e. The topological polar surface area (TPSA) is 9.23 Å². The van der Waals surface area contributed by atoms with Crippen molar-refractivity contribution >= 4 is 26.7 Å². The van der Waals surface area contributed by atoms with Crippen LogP contribution >= 0.6 is 15.9 Å². The van der Waals surface area contributed by atoms with Gasteiger partial charge in [0.05, 0.1) is 7.11 Å². The third kappa shape index (κ3) is 2.18. The van der Waals surface area contributed by atoms with Gasteiger partial charge >= 0.3 is 0 Å². The highest BCUT2D eigenvalue weighted by Crippen LogP contribution is 2.38. The number of ether oxygens (including phenoxy) is 1. The van der Waals surface area contributed by atoms with E-state index in [4.69, 9.17) is 4.74 Å². The van der Waals surface area contributed by atoms with Crippen molar-refractivity contribution in [1.82, 2.24) is 0 Å². The molecular formula is C17H12BrFO. The smallest absolute Gasteiger partial charge is 0.132 e. The minimum absolute atomic E-state index is 0.269. The summed E-state index contributed by atoms with van der Waals surface area (Å²) in [5, 5.41) is 2.04. The molecule has 100 valence electrons. The van der Waals surface area contributed by atoms with E-state index in [0.717, 1.165) is 20.8 Å². The van der Waals surface area contributed by atoms with Crippen molar-refractivity contribution in [2.45, 2.75) is 0 Å². The van der Waals surface area contributed by atoms with Crippen molar-refractivity contribution in [3.05, 3.63) is 64.9 Å². The van der Waals surface area contributed by atoms with Crippen LogP contribution in [-0.2, 0) is 0 Å². The van der Waals surface area contributed by atoms with Gasteiger partial charge in [-0.1, -0.05) is 52.3 Å². The Morgan fingerprint density at radius 1 is 1.00 bits per heavy atom. The van der Waals surface area contributed by atoms with Crippen LogP contribution in [0.1, 0.15) is 0 Å². The van der Waals surface area contributed by atoms with E-state index in [1.165, 1.54) is 6.07 Å². The molecule has 0 amide bonds. The highest BCUT2D eigenvalue weighted by molar-refractivity contribution is 9.10. The van der Waals surface area contributed by atoms with Gasteiger partial charge in [-0.25, -0.2) is 4.39 Å². The van der Waals surface area contributed by atoms with Gasteiger partial charge in [0.25, 0.3) is 0 Å². The second kappa shape index (κ2) is 5.25. The maximum absolute atomic E-state index is 14.3. The Labute approximate surface area is 125 Å². The first-order valence-corrected chi connectivity index (χ1v) is 7.01. The third-order valence-electron chi connectivity index (χ3n) is 3.31. The molecule has 0 saturated heterocycles. The second-order valence-corrected chi connectivity index (χ2v) is 5.40. The predicted octanol–water partition coefficient (Wildman–Crippen LogP) is 5.42. The highest BCUT2D eigenvalue weighted by Gasteiger charge is 2.14. The van der Waals surface area contributed by atoms with Crippen LogP contribution < -0.4 is 4.74 Å². The van der Waals surface area contributed by atoms with Gasteiger partial charge in [-0.2, -0.15) is 0 Å². The maximum atomic E-state index is 14.3. The van der Waals surface area contributed by atoms with Crippen molar-refractivity contribution < 1.29 is 9.13 Å². The molecule has 3 heteroatoms. The normalized spacial score (nSPS) is 10.8. The molecule has 3 aromatic rings. The lowest BCUT2D eigenvalue weighted by molar-refractivity contribution is 0.416. The SMILES string of the molecule is COc1ccc2ccccc2c1-c1ccc(Br)cc1F. The zero-order valence-corrected chi connectivity index (χ0v) is 12.4. The van der Waals surface area contributed by atoms with Crippen LogP contribution in [0.3, 0.4) is 0 Å². The number of rotatable bonds is 2. The Hall–Kier alpha value is -1.87. The first-order valence-electron chi connectivity index (χ1n) is 6.22. The van der Waals surface area contributed by atoms with Crippen LogP contribution in [-0.4, -0.2) is 7.11 Å². The number of fused-ring (bicyclic) bond motifs is 1. The Kier molecular flexibility index (Phi) is 3.45. The van der Waals surface area contributed by atoms with Crippen molar-refractivity contribution in [2.75, 3.05) is 7.11 Å². The standard InChI is InChI=1S/C17H12BrFO/c1-20-16-9-6-11-4-2-3-5-13(11)17(16)14-8-7-12(18)10-15(14)19/h2-10H,1H3. The average molecular weight is 331 g/mol. The largest absolute Gasteiger partial charge is 0.496 e. The van der Waals surface area contributed by atoms with Gasteiger partial charge in [0.1, 0.15) is 11.6 Å². The minimum Gasteiger partial charge on any atom is -0.496 e. The fraction of sp³-hybridized carbons (Fsp3) is 0.0588. The van der Waals surface area contributed by atoms with Crippen molar-refractivity contribution in [3.63, 3.8) is 0 Å². The van der Waals surface area contributed by atoms with Gasteiger partial charge in [0.2, 0.25) is 0 Å². The Morgan fingerprint density at radius 3 is 2.55 bits per heavy atom. The molecule has 1 nitrogen and oxygen atoms in total. The molecule has 0 heterocycles. The van der Waals surface area contributed by atoms with Gasteiger partial charge < -0.3 is 4.74 Å². The fourth-order valence-electron chi connectivity index (χ4n) is 2.39. The van der Waals surface area contributed by atoms with Gasteiger partial charge in [0.15, 0.2) is 0 Å². The number of halogens is 2. The highest BCUT2D eigenvalue weighted by atomic mass is 79.9. The third-order valence-corrected chi connectivity index (χ3v) is 3.80. The molecule has 0 aliphatic carbocycles. The molecule has 0 atom stereocenters. The molecule has 3 rings (SSSR count). The van der Waals surface area contributed by atoms with E-state index < -0.39 is 0 Å². The summed E-state index contributed by atoms with van der Waals surface area (Å²) in [6.45, 7) is 0. The molecule has 0 bridgehead atoms. The first-order chi connectivity index (χ1) is 9.70. The van der Waals surface area contributed by atoms with Crippen LogP contribution in [0.25, 0.3) is 21.9 Å². The first kappa shape index (κ1) is 13.1. The molecule has 0 aromatic heterocycles. The van der Waals surface area contributed by atoms with Crippen LogP contribution in [0.4, 0.5) is 4.39 Å². The minimum atomic E-state index is -0.269. The predicted molar refractivity (Wildman–Crippen MR) is 83.6 cm³/mol. The van der Waals surface area contributed by atoms with Crippen molar-refractivity contribution in [3.8, 4) is 16.9 Å². The summed E-state index contributed by atoms with van der Waals surface area (Å²) < 4.78 is 20.4. The van der Waals surface area contributed by atoms with E-state index in [0.29, 0.717) is 11.3 Å². The van der Waals surface area contributed by atoms with Crippen LogP contribution in [0.2, 0.25) is 0 Å². The zero-order valence-electron chi connectivity index (χ0n) is 10.9. The van der Waals surface area contributed by atoms with Crippen LogP contribution in [0, 0.1) is 5.82 Å². The lowest BCUT2D eigenvalue weighted by Crippen LogP contribution is -1.92. The molecule has 0 radical (unpaired) electrons. The second-order valence-electron chi connectivity index (χ2n) is 4.49. The summed E-state index contributed by atoms with van der Waals surface area (Å²) in [4.78, 5) is 0. The summed E-state index contributed by atoms with van der Waals surface area (Å²) in [5.74, 6) is 0.402. The molecular weight excluding hydrogens is 319 g/mol. The summed E-state index contributed by atoms with van der Waals surface area (Å²) >= 11 is 3.28. The molecule has 0 unspecified atom stereocenters. The van der Waals surface area contributed by atoms with Gasteiger partial charge in [-0.3, -0.25) is 0 Å². The molecule has 0 saturated carbocycles. The monoisotopic (exact) mass is 330 g/mol. The Bertz CT molecular complexity index is 783. The van der Waals surface area contributed by atoms with E-state index in [1.807, 2.05) is 42.5 Å². The van der Waals surface area contributed by atoms with Gasteiger partial charge in [-0.15, -0.1) is 0 Å². The van der Waals surface area contributed by atoms with Crippen LogP contribution in [0.5, 0.6) is 5.75 Å². The quantitative estimate of drug-likeness (QED) is 0.609. The van der Waals surface area contributed by atoms with Gasteiger partial charge in [0, 0.05) is 15.6 Å². The van der Waals surface area contributed by atoms with Crippen molar-refractivity contribution in [1.29, 1.82) is 0 Å². The molecule has 0 aliphatic rings. The van der Waals surface area contributed by atoms with Crippen molar-refractivity contribution in [2.24, 2.45) is 0 Å². The molecule has 20 heavy (non-hydrogen) atoms. The van der Waals surface area contributed by atoms with E-state index >= 15 is 0 Å². The fourth-order valence-corrected chi connectivity index (χ4v) is 2.72. The lowest BCUT2D eigenvalue weighted by atomic mass is 9.97. The number of benzene rings is 3. The van der Waals surface area contributed by atoms with E-state index in [-0.39, 0.29) is 5.82 Å². The lowest BCUT2D eigenvalue weighted by Gasteiger charge is -2.13. The number of hydrogen-bond donors (Lipinski definition) is 0. The summed E-state index contributed by atoms with van der Waals surface area (Å²) in [6.07, 6.45) is 0. The Morgan fingerprint density at radius 2 is 1.80 bits per heavy atom. The van der Waals surface area contributed by atoms with E-state index in [9.17, 15) is 4.39 Å². The average Bonchev–Trinajstić information content (AvgIpc) is 2.46. The number of hydrogen-bond acceptors (Lipinski definition) is 1. The molecule has 3 aromatic carbocycles.